The molecule has 1 aromatic heterocycles. The summed E-state index contributed by atoms with van der Waals surface area (Å²) in [5.74, 6) is -0.360. The molecule has 0 saturated carbocycles. The number of imidazole rings is 1. The summed E-state index contributed by atoms with van der Waals surface area (Å²) < 4.78 is 5.30. The van der Waals surface area contributed by atoms with E-state index in [2.05, 4.69) is 9.97 Å². The van der Waals surface area contributed by atoms with E-state index in [9.17, 15) is 4.79 Å². The summed E-state index contributed by atoms with van der Waals surface area (Å²) in [6.45, 7) is 0.264. The number of para-hydroxylation sites is 1. The zero-order valence-corrected chi connectivity index (χ0v) is 10.2. The summed E-state index contributed by atoms with van der Waals surface area (Å²) in [7, 11) is 0. The molecule has 0 saturated heterocycles. The molecule has 0 bridgehead atoms. The van der Waals surface area contributed by atoms with Crippen LogP contribution in [0.5, 0.6) is 0 Å². The van der Waals surface area contributed by atoms with Crippen molar-refractivity contribution < 1.29 is 9.53 Å². The molecule has 0 unspecified atom stereocenters. The number of ether oxygens (including phenoxy) is 1. The minimum absolute atomic E-state index is 0.264. The van der Waals surface area contributed by atoms with Gasteiger partial charge in [-0.05, 0) is 17.7 Å². The van der Waals surface area contributed by atoms with Crippen molar-refractivity contribution in [3.05, 3.63) is 66.0 Å². The summed E-state index contributed by atoms with van der Waals surface area (Å²) in [5.41, 5.74) is 2.91. The number of aromatic nitrogens is 2. The fraction of sp³-hybridized carbons (Fsp3) is 0.0667. The number of H-pyrrole nitrogens is 1. The maximum absolute atomic E-state index is 12.1. The molecule has 0 aliphatic heterocycles. The number of carbonyl (C=O) groups excluding carboxylic acids is 1. The quantitative estimate of drug-likeness (QED) is 0.729. The van der Waals surface area contributed by atoms with E-state index in [0.29, 0.717) is 11.1 Å². The molecule has 3 rings (SSSR count). The molecular formula is C15H12N2O2. The Labute approximate surface area is 110 Å². The van der Waals surface area contributed by atoms with Crippen LogP contribution in [0.1, 0.15) is 15.9 Å². The van der Waals surface area contributed by atoms with Crippen LogP contribution >= 0.6 is 0 Å². The van der Waals surface area contributed by atoms with Crippen LogP contribution in [-0.2, 0) is 11.3 Å². The van der Waals surface area contributed by atoms with Crippen LogP contribution < -0.4 is 0 Å². The van der Waals surface area contributed by atoms with E-state index in [1.165, 1.54) is 0 Å². The number of hydrogen-bond acceptors (Lipinski definition) is 3. The Morgan fingerprint density at radius 1 is 1.11 bits per heavy atom. The number of rotatable bonds is 3. The Kier molecular flexibility index (Phi) is 2.98. The number of fused-ring (bicyclic) bond motifs is 1. The molecule has 0 spiro atoms. The number of aromatic amines is 1. The smallest absolute Gasteiger partial charge is 0.340 e. The van der Waals surface area contributed by atoms with Crippen molar-refractivity contribution in [3.63, 3.8) is 0 Å². The fourth-order valence-electron chi connectivity index (χ4n) is 1.93. The lowest BCUT2D eigenvalue weighted by Gasteiger charge is -2.05. The lowest BCUT2D eigenvalue weighted by molar-refractivity contribution is 0.0475. The van der Waals surface area contributed by atoms with Gasteiger partial charge in [0.05, 0.1) is 17.4 Å². The lowest BCUT2D eigenvalue weighted by Crippen LogP contribution is -2.05. The minimum atomic E-state index is -0.360. The van der Waals surface area contributed by atoms with Gasteiger partial charge in [0.15, 0.2) is 0 Å². The van der Waals surface area contributed by atoms with Crippen molar-refractivity contribution in [3.8, 4) is 0 Å². The molecule has 2 aromatic carbocycles. The Hall–Kier alpha value is -2.62. The second-order valence-electron chi connectivity index (χ2n) is 4.17. The van der Waals surface area contributed by atoms with Gasteiger partial charge in [-0.2, -0.15) is 0 Å². The van der Waals surface area contributed by atoms with Gasteiger partial charge in [-0.15, -0.1) is 0 Å². The molecule has 0 aliphatic rings. The summed E-state index contributed by atoms with van der Waals surface area (Å²) in [6.07, 6.45) is 1.57. The summed E-state index contributed by atoms with van der Waals surface area (Å²) in [6, 6.07) is 15.0. The third-order valence-electron chi connectivity index (χ3n) is 2.88. The standard InChI is InChI=1S/C15H12N2O2/c18-15(19-9-11-5-2-1-3-6-11)12-7-4-8-13-14(12)17-10-16-13/h1-8,10H,9H2,(H,16,17). The van der Waals surface area contributed by atoms with Crippen molar-refractivity contribution in [1.29, 1.82) is 0 Å². The highest BCUT2D eigenvalue weighted by Gasteiger charge is 2.12. The molecule has 4 heteroatoms. The molecule has 94 valence electrons. The third kappa shape index (κ3) is 2.33. The minimum Gasteiger partial charge on any atom is -0.457 e. The van der Waals surface area contributed by atoms with E-state index in [0.717, 1.165) is 11.1 Å². The first-order valence-corrected chi connectivity index (χ1v) is 5.98. The summed E-state index contributed by atoms with van der Waals surface area (Å²) in [4.78, 5) is 19.2. The summed E-state index contributed by atoms with van der Waals surface area (Å²) >= 11 is 0. The van der Waals surface area contributed by atoms with Crippen LogP contribution in [-0.4, -0.2) is 15.9 Å². The molecule has 0 aliphatic carbocycles. The molecule has 0 radical (unpaired) electrons. The second-order valence-corrected chi connectivity index (χ2v) is 4.17. The van der Waals surface area contributed by atoms with Gasteiger partial charge < -0.3 is 9.72 Å². The van der Waals surface area contributed by atoms with Gasteiger partial charge in [-0.25, -0.2) is 9.78 Å². The number of carbonyl (C=O) groups is 1. The molecule has 1 heterocycles. The predicted octanol–water partition coefficient (Wildman–Crippen LogP) is 2.92. The number of hydrogen-bond donors (Lipinski definition) is 1. The van der Waals surface area contributed by atoms with Crippen LogP contribution in [0, 0.1) is 0 Å². The largest absolute Gasteiger partial charge is 0.457 e. The molecular weight excluding hydrogens is 240 g/mol. The van der Waals surface area contributed by atoms with Gasteiger partial charge in [-0.3, -0.25) is 0 Å². The topological polar surface area (TPSA) is 55.0 Å². The molecule has 19 heavy (non-hydrogen) atoms. The highest BCUT2D eigenvalue weighted by atomic mass is 16.5. The van der Waals surface area contributed by atoms with Crippen molar-refractivity contribution >= 4 is 17.0 Å². The lowest BCUT2D eigenvalue weighted by atomic mass is 10.2. The Balaban J connectivity index is 1.79. The summed E-state index contributed by atoms with van der Waals surface area (Å²) in [5, 5.41) is 0. The Morgan fingerprint density at radius 2 is 1.95 bits per heavy atom. The fourth-order valence-corrected chi connectivity index (χ4v) is 1.93. The van der Waals surface area contributed by atoms with E-state index < -0.39 is 0 Å². The number of nitrogens with one attached hydrogen (secondary N) is 1. The first kappa shape index (κ1) is 11.5. The SMILES string of the molecule is O=C(OCc1ccccc1)c1cccc2[nH]cnc12. The Morgan fingerprint density at radius 3 is 2.79 bits per heavy atom. The second kappa shape index (κ2) is 4.94. The van der Waals surface area contributed by atoms with Crippen molar-refractivity contribution in [1.82, 2.24) is 9.97 Å². The number of benzene rings is 2. The van der Waals surface area contributed by atoms with E-state index in [4.69, 9.17) is 4.74 Å². The third-order valence-corrected chi connectivity index (χ3v) is 2.88. The van der Waals surface area contributed by atoms with Crippen LogP contribution in [0.4, 0.5) is 0 Å². The van der Waals surface area contributed by atoms with Gasteiger partial charge in [0.2, 0.25) is 0 Å². The number of esters is 1. The number of nitrogens with zero attached hydrogens (tertiary/aromatic N) is 1. The monoisotopic (exact) mass is 252 g/mol. The maximum atomic E-state index is 12.1. The van der Waals surface area contributed by atoms with Gasteiger partial charge >= 0.3 is 5.97 Å². The zero-order valence-electron chi connectivity index (χ0n) is 10.2. The molecule has 4 nitrogen and oxygen atoms in total. The highest BCUT2D eigenvalue weighted by Crippen LogP contribution is 2.16. The van der Waals surface area contributed by atoms with Gasteiger partial charge in [0.1, 0.15) is 12.1 Å². The first-order chi connectivity index (χ1) is 9.34. The van der Waals surface area contributed by atoms with Gasteiger partial charge in [-0.1, -0.05) is 36.4 Å². The van der Waals surface area contributed by atoms with Crippen LogP contribution in [0.15, 0.2) is 54.9 Å². The van der Waals surface area contributed by atoms with Crippen molar-refractivity contribution in [2.75, 3.05) is 0 Å². The maximum Gasteiger partial charge on any atom is 0.340 e. The molecule has 1 N–H and O–H groups in total. The Bertz CT molecular complexity index is 704. The van der Waals surface area contributed by atoms with E-state index in [1.807, 2.05) is 36.4 Å². The predicted molar refractivity (Wildman–Crippen MR) is 71.7 cm³/mol. The van der Waals surface area contributed by atoms with Crippen molar-refractivity contribution in [2.24, 2.45) is 0 Å². The zero-order chi connectivity index (χ0) is 13.1. The van der Waals surface area contributed by atoms with E-state index >= 15 is 0 Å². The van der Waals surface area contributed by atoms with Crippen LogP contribution in [0.25, 0.3) is 11.0 Å². The normalized spacial score (nSPS) is 10.5. The molecule has 3 aromatic rings. The molecule has 0 fully saturated rings. The van der Waals surface area contributed by atoms with Crippen LogP contribution in [0.2, 0.25) is 0 Å². The first-order valence-electron chi connectivity index (χ1n) is 5.98. The van der Waals surface area contributed by atoms with Gasteiger partial charge in [0.25, 0.3) is 0 Å². The highest BCUT2D eigenvalue weighted by molar-refractivity contribution is 6.01. The van der Waals surface area contributed by atoms with E-state index in [1.54, 1.807) is 18.5 Å². The average molecular weight is 252 g/mol. The molecule has 0 amide bonds. The van der Waals surface area contributed by atoms with Gasteiger partial charge in [0, 0.05) is 0 Å². The molecule has 0 atom stereocenters. The van der Waals surface area contributed by atoms with Crippen LogP contribution in [0.3, 0.4) is 0 Å². The van der Waals surface area contributed by atoms with E-state index in [-0.39, 0.29) is 12.6 Å². The van der Waals surface area contributed by atoms with Crippen molar-refractivity contribution in [2.45, 2.75) is 6.61 Å². The average Bonchev–Trinajstić information content (AvgIpc) is 2.94.